The van der Waals surface area contributed by atoms with Crippen LogP contribution < -0.4 is 19.5 Å². The van der Waals surface area contributed by atoms with E-state index in [9.17, 15) is 9.59 Å². The van der Waals surface area contributed by atoms with E-state index in [2.05, 4.69) is 10.3 Å². The van der Waals surface area contributed by atoms with E-state index in [0.717, 1.165) is 5.56 Å². The molecule has 4 rings (SSSR count). The van der Waals surface area contributed by atoms with Crippen LogP contribution >= 0.6 is 11.3 Å². The van der Waals surface area contributed by atoms with Gasteiger partial charge in [-0.05, 0) is 54.6 Å². The fraction of sp³-hybridized carbons (Fsp3) is 0.115. The van der Waals surface area contributed by atoms with Gasteiger partial charge >= 0.3 is 5.97 Å². The number of nitrogens with one attached hydrogen (secondary N) is 1. The van der Waals surface area contributed by atoms with Gasteiger partial charge in [0.05, 0.1) is 25.5 Å². The van der Waals surface area contributed by atoms with Crippen LogP contribution in [0.2, 0.25) is 0 Å². The van der Waals surface area contributed by atoms with E-state index in [1.165, 1.54) is 11.3 Å². The number of benzene rings is 3. The van der Waals surface area contributed by atoms with Crippen molar-refractivity contribution in [2.45, 2.75) is 0 Å². The van der Waals surface area contributed by atoms with Crippen molar-refractivity contribution in [2.75, 3.05) is 26.1 Å². The zero-order chi connectivity index (χ0) is 24.6. The summed E-state index contributed by atoms with van der Waals surface area (Å²) in [5.41, 5.74) is 1.79. The summed E-state index contributed by atoms with van der Waals surface area (Å²) >= 11 is 1.26. The Hall–Kier alpha value is -4.37. The molecule has 1 aromatic heterocycles. The highest BCUT2D eigenvalue weighted by molar-refractivity contribution is 7.14. The van der Waals surface area contributed by atoms with E-state index < -0.39 is 18.5 Å². The predicted molar refractivity (Wildman–Crippen MR) is 133 cm³/mol. The average molecular weight is 491 g/mol. The molecule has 0 radical (unpaired) electrons. The third kappa shape index (κ3) is 6.15. The van der Waals surface area contributed by atoms with Crippen LogP contribution in [-0.2, 0) is 9.53 Å². The molecule has 0 aliphatic heterocycles. The molecule has 0 unspecified atom stereocenters. The topological polar surface area (TPSA) is 96.0 Å². The highest BCUT2D eigenvalue weighted by Crippen LogP contribution is 2.33. The molecule has 1 N–H and O–H groups in total. The highest BCUT2D eigenvalue weighted by atomic mass is 32.1. The van der Waals surface area contributed by atoms with Gasteiger partial charge in [-0.25, -0.2) is 9.78 Å². The standard InChI is InChI=1S/C26H22N2O6S/c1-31-22-13-10-18(14-23(22)32-2)21-16-35-26(27-21)28-24(29)15-33-25(30)17-8-11-20(12-9-17)34-19-6-4-3-5-7-19/h3-14,16H,15H2,1-2H3,(H,27,28,29). The molecule has 9 heteroatoms. The Labute approximate surface area is 206 Å². The summed E-state index contributed by atoms with van der Waals surface area (Å²) in [4.78, 5) is 29.0. The van der Waals surface area contributed by atoms with Crippen LogP contribution in [0.3, 0.4) is 0 Å². The van der Waals surface area contributed by atoms with Gasteiger partial charge in [0, 0.05) is 10.9 Å². The second-order valence-electron chi connectivity index (χ2n) is 7.17. The number of thiazole rings is 1. The number of nitrogens with zero attached hydrogens (tertiary/aromatic N) is 1. The minimum absolute atomic E-state index is 0.309. The Kier molecular flexibility index (Phi) is 7.59. The highest BCUT2D eigenvalue weighted by Gasteiger charge is 2.14. The molecule has 1 amide bonds. The molecular formula is C26H22N2O6S. The number of esters is 1. The lowest BCUT2D eigenvalue weighted by atomic mass is 10.1. The molecule has 178 valence electrons. The monoisotopic (exact) mass is 490 g/mol. The van der Waals surface area contributed by atoms with Gasteiger partial charge in [0.1, 0.15) is 11.5 Å². The van der Waals surface area contributed by atoms with Crippen LogP contribution in [0.5, 0.6) is 23.0 Å². The number of carbonyl (C=O) groups is 2. The van der Waals surface area contributed by atoms with Gasteiger partial charge < -0.3 is 18.9 Å². The fourth-order valence-corrected chi connectivity index (χ4v) is 3.85. The minimum atomic E-state index is -0.614. The smallest absolute Gasteiger partial charge is 0.338 e. The van der Waals surface area contributed by atoms with E-state index in [1.54, 1.807) is 50.6 Å². The number of anilines is 1. The molecule has 0 saturated carbocycles. The van der Waals surface area contributed by atoms with Crippen LogP contribution in [0.4, 0.5) is 5.13 Å². The van der Waals surface area contributed by atoms with Crippen LogP contribution in [0.25, 0.3) is 11.3 Å². The molecular weight excluding hydrogens is 468 g/mol. The molecule has 8 nitrogen and oxygen atoms in total. The quantitative estimate of drug-likeness (QED) is 0.313. The SMILES string of the molecule is COc1ccc(-c2csc(NC(=O)COC(=O)c3ccc(Oc4ccccc4)cc3)n2)cc1OC. The number of carbonyl (C=O) groups excluding carboxylic acids is 2. The number of amides is 1. The molecule has 0 aliphatic rings. The lowest BCUT2D eigenvalue weighted by Crippen LogP contribution is -2.20. The lowest BCUT2D eigenvalue weighted by molar-refractivity contribution is -0.119. The van der Waals surface area contributed by atoms with E-state index >= 15 is 0 Å². The van der Waals surface area contributed by atoms with Crippen molar-refractivity contribution in [1.82, 2.24) is 4.98 Å². The first-order valence-corrected chi connectivity index (χ1v) is 11.4. The molecule has 0 aliphatic carbocycles. The Balaban J connectivity index is 1.29. The minimum Gasteiger partial charge on any atom is -0.493 e. The van der Waals surface area contributed by atoms with Gasteiger partial charge in [-0.2, -0.15) is 0 Å². The number of hydrogen-bond donors (Lipinski definition) is 1. The Morgan fingerprint density at radius 2 is 1.60 bits per heavy atom. The summed E-state index contributed by atoms with van der Waals surface area (Å²) in [6.07, 6.45) is 0. The second-order valence-corrected chi connectivity index (χ2v) is 8.03. The van der Waals surface area contributed by atoms with Crippen LogP contribution in [0.1, 0.15) is 10.4 Å². The third-order valence-electron chi connectivity index (χ3n) is 4.83. The van der Waals surface area contributed by atoms with Crippen molar-refractivity contribution >= 4 is 28.3 Å². The van der Waals surface area contributed by atoms with E-state index in [0.29, 0.717) is 39.4 Å². The Morgan fingerprint density at radius 1 is 0.886 bits per heavy atom. The molecule has 3 aromatic carbocycles. The van der Waals surface area contributed by atoms with Crippen molar-refractivity contribution < 1.29 is 28.5 Å². The summed E-state index contributed by atoms with van der Waals surface area (Å²) < 4.78 is 21.4. The first-order chi connectivity index (χ1) is 17.1. The normalized spacial score (nSPS) is 10.3. The van der Waals surface area contributed by atoms with E-state index in [4.69, 9.17) is 18.9 Å². The summed E-state index contributed by atoms with van der Waals surface area (Å²) in [5.74, 6) is 1.36. The second kappa shape index (κ2) is 11.2. The number of ether oxygens (including phenoxy) is 4. The molecule has 0 saturated heterocycles. The largest absolute Gasteiger partial charge is 0.493 e. The molecule has 0 fully saturated rings. The van der Waals surface area contributed by atoms with Gasteiger partial charge in [-0.15, -0.1) is 11.3 Å². The average Bonchev–Trinajstić information content (AvgIpc) is 3.36. The first-order valence-electron chi connectivity index (χ1n) is 10.5. The number of aromatic nitrogens is 1. The number of hydrogen-bond acceptors (Lipinski definition) is 8. The van der Waals surface area contributed by atoms with Crippen molar-refractivity contribution in [3.05, 3.63) is 83.7 Å². The van der Waals surface area contributed by atoms with Crippen LogP contribution in [0.15, 0.2) is 78.2 Å². The van der Waals surface area contributed by atoms with Gasteiger partial charge in [-0.3, -0.25) is 10.1 Å². The summed E-state index contributed by atoms with van der Waals surface area (Å²) in [5, 5.41) is 4.84. The molecule has 1 heterocycles. The van der Waals surface area contributed by atoms with Crippen molar-refractivity contribution in [1.29, 1.82) is 0 Å². The predicted octanol–water partition coefficient (Wildman–Crippen LogP) is 5.42. The third-order valence-corrected chi connectivity index (χ3v) is 5.59. The number of para-hydroxylation sites is 1. The van der Waals surface area contributed by atoms with Crippen molar-refractivity contribution in [3.63, 3.8) is 0 Å². The first kappa shape index (κ1) is 23.8. The maximum atomic E-state index is 12.3. The Bertz CT molecular complexity index is 1310. The number of methoxy groups -OCH3 is 2. The summed E-state index contributed by atoms with van der Waals surface area (Å²) in [6.45, 7) is -0.438. The maximum absolute atomic E-state index is 12.3. The van der Waals surface area contributed by atoms with E-state index in [1.807, 2.05) is 41.8 Å². The number of rotatable bonds is 9. The fourth-order valence-electron chi connectivity index (χ4n) is 3.11. The summed E-state index contributed by atoms with van der Waals surface area (Å²) in [7, 11) is 3.12. The lowest BCUT2D eigenvalue weighted by Gasteiger charge is -2.08. The van der Waals surface area contributed by atoms with Gasteiger partial charge in [-0.1, -0.05) is 18.2 Å². The molecule has 35 heavy (non-hydrogen) atoms. The zero-order valence-electron chi connectivity index (χ0n) is 19.0. The van der Waals surface area contributed by atoms with Gasteiger partial charge in [0.25, 0.3) is 5.91 Å². The zero-order valence-corrected chi connectivity index (χ0v) is 19.8. The van der Waals surface area contributed by atoms with Gasteiger partial charge in [0.15, 0.2) is 23.2 Å². The van der Waals surface area contributed by atoms with Crippen LogP contribution in [-0.4, -0.2) is 37.7 Å². The maximum Gasteiger partial charge on any atom is 0.338 e. The van der Waals surface area contributed by atoms with Crippen LogP contribution in [0, 0.1) is 0 Å². The molecule has 4 aromatic rings. The molecule has 0 bridgehead atoms. The molecule has 0 atom stereocenters. The van der Waals surface area contributed by atoms with Gasteiger partial charge in [0.2, 0.25) is 0 Å². The Morgan fingerprint density at radius 3 is 2.31 bits per heavy atom. The van der Waals surface area contributed by atoms with Crippen molar-refractivity contribution in [3.8, 4) is 34.3 Å². The van der Waals surface area contributed by atoms with E-state index in [-0.39, 0.29) is 0 Å². The summed E-state index contributed by atoms with van der Waals surface area (Å²) in [6, 6.07) is 21.2. The molecule has 0 spiro atoms. The van der Waals surface area contributed by atoms with Crippen molar-refractivity contribution in [2.24, 2.45) is 0 Å².